The molecule has 244 valence electrons. The molecule has 0 radical (unpaired) electrons. The lowest BCUT2D eigenvalue weighted by Crippen LogP contribution is -2.43. The summed E-state index contributed by atoms with van der Waals surface area (Å²) in [7, 11) is 0. The number of nitrogens with zero attached hydrogens (tertiary/aromatic N) is 4. The van der Waals surface area contributed by atoms with Gasteiger partial charge in [0, 0.05) is 41.1 Å². The third-order valence-corrected chi connectivity index (χ3v) is 10.5. The van der Waals surface area contributed by atoms with E-state index in [2.05, 4.69) is 0 Å². The first-order chi connectivity index (χ1) is 23.6. The summed E-state index contributed by atoms with van der Waals surface area (Å²) in [6.07, 6.45) is 2.02. The molecule has 3 fully saturated rings. The van der Waals surface area contributed by atoms with Crippen LogP contribution in [0.5, 0.6) is 5.75 Å². The maximum absolute atomic E-state index is 14.4. The van der Waals surface area contributed by atoms with Crippen molar-refractivity contribution in [3.05, 3.63) is 122 Å². The Labute approximate surface area is 277 Å². The van der Waals surface area contributed by atoms with Crippen molar-refractivity contribution < 1.29 is 34.1 Å². The lowest BCUT2D eigenvalue weighted by atomic mass is 9.57. The summed E-state index contributed by atoms with van der Waals surface area (Å²) in [6, 6.07) is 21.2. The summed E-state index contributed by atoms with van der Waals surface area (Å²) in [5.74, 6) is -7.56. The van der Waals surface area contributed by atoms with E-state index in [0.29, 0.717) is 16.5 Å². The molecule has 0 aromatic heterocycles. The first kappa shape index (κ1) is 30.1. The highest BCUT2D eigenvalue weighted by molar-refractivity contribution is 6.24. The van der Waals surface area contributed by atoms with Crippen LogP contribution in [-0.4, -0.2) is 38.6 Å². The molecule has 2 aliphatic carbocycles. The van der Waals surface area contributed by atoms with E-state index < -0.39 is 69.0 Å². The summed E-state index contributed by atoms with van der Waals surface area (Å²) in [4.78, 5) is 80.4. The summed E-state index contributed by atoms with van der Waals surface area (Å²) in [5.41, 5.74) is 0.567. The van der Waals surface area contributed by atoms with E-state index in [1.807, 2.05) is 24.3 Å². The van der Waals surface area contributed by atoms with Crippen molar-refractivity contribution in [1.82, 2.24) is 0 Å². The van der Waals surface area contributed by atoms with E-state index in [0.717, 1.165) is 21.3 Å². The molecule has 6 atom stereocenters. The number of amides is 4. The first-order valence-corrected chi connectivity index (χ1v) is 15.7. The number of hydrogen-bond acceptors (Lipinski definition) is 9. The molecule has 2 heterocycles. The number of non-ortho nitro benzene ring substituents is 2. The molecule has 6 unspecified atom stereocenters. The molecule has 4 aromatic carbocycles. The van der Waals surface area contributed by atoms with Crippen LogP contribution in [0.2, 0.25) is 0 Å². The summed E-state index contributed by atoms with van der Waals surface area (Å²) >= 11 is 0. The predicted octanol–water partition coefficient (Wildman–Crippen LogP) is 5.41. The number of fused-ring (bicyclic) bond motifs is 5. The van der Waals surface area contributed by atoms with Crippen LogP contribution in [-0.2, 0) is 19.2 Å². The summed E-state index contributed by atoms with van der Waals surface area (Å²) < 4.78 is 0. The van der Waals surface area contributed by atoms with Gasteiger partial charge in [-0.3, -0.25) is 39.4 Å². The minimum Gasteiger partial charge on any atom is -0.507 e. The Morgan fingerprint density at radius 1 is 0.653 bits per heavy atom. The van der Waals surface area contributed by atoms with Gasteiger partial charge in [0.1, 0.15) is 5.75 Å². The van der Waals surface area contributed by atoms with Gasteiger partial charge in [0.2, 0.25) is 23.6 Å². The number of aromatic hydroxyl groups is 1. The second kappa shape index (κ2) is 10.9. The van der Waals surface area contributed by atoms with Gasteiger partial charge in [-0.25, -0.2) is 9.80 Å². The molecule has 1 N–H and O–H groups in total. The van der Waals surface area contributed by atoms with Gasteiger partial charge in [-0.05, 0) is 36.3 Å². The number of phenolic OH excluding ortho intramolecular Hbond substituents is 1. The van der Waals surface area contributed by atoms with Crippen LogP contribution in [0.15, 0.2) is 96.6 Å². The van der Waals surface area contributed by atoms with E-state index in [1.54, 1.807) is 18.2 Å². The normalized spacial score (nSPS) is 26.0. The smallest absolute Gasteiger partial charge is 0.271 e. The lowest BCUT2D eigenvalue weighted by Gasteiger charge is -2.44. The first-order valence-electron chi connectivity index (χ1n) is 15.7. The molecule has 13 heteroatoms. The van der Waals surface area contributed by atoms with Gasteiger partial charge < -0.3 is 5.11 Å². The Morgan fingerprint density at radius 3 is 1.88 bits per heavy atom. The zero-order valence-electron chi connectivity index (χ0n) is 25.5. The van der Waals surface area contributed by atoms with Crippen molar-refractivity contribution >= 4 is 57.2 Å². The van der Waals surface area contributed by atoms with Gasteiger partial charge in [-0.1, -0.05) is 60.2 Å². The molecular formula is C36H26N4O9. The maximum atomic E-state index is 14.4. The van der Waals surface area contributed by atoms with Crippen LogP contribution in [0.25, 0.3) is 10.8 Å². The van der Waals surface area contributed by atoms with Gasteiger partial charge in [0.15, 0.2) is 0 Å². The van der Waals surface area contributed by atoms with Crippen molar-refractivity contribution in [3.63, 3.8) is 0 Å². The zero-order valence-corrected chi connectivity index (χ0v) is 25.5. The maximum Gasteiger partial charge on any atom is 0.271 e. The lowest BCUT2D eigenvalue weighted by molar-refractivity contribution is -0.385. The van der Waals surface area contributed by atoms with Crippen LogP contribution >= 0.6 is 0 Å². The number of anilines is 2. The topological polar surface area (TPSA) is 181 Å². The second-order valence-electron chi connectivity index (χ2n) is 12.8. The number of nitro groups is 2. The van der Waals surface area contributed by atoms with Crippen LogP contribution in [0.4, 0.5) is 22.7 Å². The highest BCUT2D eigenvalue weighted by atomic mass is 16.6. The summed E-state index contributed by atoms with van der Waals surface area (Å²) in [6.45, 7) is 0. The van der Waals surface area contributed by atoms with Crippen molar-refractivity contribution in [2.75, 3.05) is 9.80 Å². The van der Waals surface area contributed by atoms with E-state index in [9.17, 15) is 44.5 Å². The number of imide groups is 2. The number of phenols is 1. The average Bonchev–Trinajstić information content (AvgIpc) is 3.51. The minimum absolute atomic E-state index is 0.0406. The molecule has 49 heavy (non-hydrogen) atoms. The molecule has 2 aliphatic heterocycles. The third-order valence-electron chi connectivity index (χ3n) is 10.5. The fourth-order valence-electron chi connectivity index (χ4n) is 8.46. The van der Waals surface area contributed by atoms with E-state index >= 15 is 0 Å². The van der Waals surface area contributed by atoms with Crippen LogP contribution in [0, 0.1) is 49.8 Å². The Balaban J connectivity index is 1.26. The molecule has 4 aliphatic rings. The van der Waals surface area contributed by atoms with Gasteiger partial charge in [-0.15, -0.1) is 0 Å². The SMILES string of the molecule is O=C1C2CC=C3C(CC4C(=O)N(c5cccc([N+](=O)[O-])c5)C(=O)C4C3c3ccc4ccccc4c3O)C2C(=O)N1c1cccc([N+](=O)[O-])c1. The van der Waals surface area contributed by atoms with Crippen molar-refractivity contribution in [2.24, 2.45) is 29.6 Å². The van der Waals surface area contributed by atoms with Crippen molar-refractivity contribution in [2.45, 2.75) is 18.8 Å². The van der Waals surface area contributed by atoms with Crippen LogP contribution in [0.3, 0.4) is 0 Å². The monoisotopic (exact) mass is 658 g/mol. The Kier molecular flexibility index (Phi) is 6.70. The predicted molar refractivity (Wildman–Crippen MR) is 174 cm³/mol. The Hall–Kier alpha value is -6.24. The van der Waals surface area contributed by atoms with Gasteiger partial charge in [0.05, 0.1) is 44.9 Å². The highest BCUT2D eigenvalue weighted by Crippen LogP contribution is 2.59. The summed E-state index contributed by atoms with van der Waals surface area (Å²) in [5, 5.41) is 36.0. The standard InChI is InChI=1S/C36H26N4O9/c41-32-23-10-2-1-5-18(23)11-12-25(32)29-24-13-14-26-30(35(44)37(33(26)42)19-6-3-8-21(15-19)39(46)47)27(24)17-28-31(29)36(45)38(34(28)43)20-7-4-9-22(16-20)40(48)49/h1-13,15-16,26-31,41H,14,17H2. The number of hydrogen-bond donors (Lipinski definition) is 1. The molecule has 1 saturated carbocycles. The number of benzene rings is 4. The average molecular weight is 659 g/mol. The molecule has 0 bridgehead atoms. The van der Waals surface area contributed by atoms with E-state index in [1.165, 1.54) is 42.5 Å². The Morgan fingerprint density at radius 2 is 1.24 bits per heavy atom. The third kappa shape index (κ3) is 4.38. The van der Waals surface area contributed by atoms with E-state index in [-0.39, 0.29) is 41.3 Å². The molecule has 4 amide bonds. The number of allylic oxidation sites excluding steroid dienone is 2. The molecule has 8 rings (SSSR count). The van der Waals surface area contributed by atoms with Crippen LogP contribution in [0.1, 0.15) is 24.3 Å². The fourth-order valence-corrected chi connectivity index (χ4v) is 8.46. The minimum atomic E-state index is -1.00. The number of nitro benzene ring substituents is 2. The van der Waals surface area contributed by atoms with Crippen LogP contribution < -0.4 is 9.80 Å². The molecular weight excluding hydrogens is 632 g/mol. The number of rotatable bonds is 5. The number of carbonyl (C=O) groups excluding carboxylic acids is 4. The van der Waals surface area contributed by atoms with Gasteiger partial charge >= 0.3 is 0 Å². The second-order valence-corrected chi connectivity index (χ2v) is 12.8. The zero-order chi connectivity index (χ0) is 34.3. The Bertz CT molecular complexity index is 2210. The number of carbonyl (C=O) groups is 4. The van der Waals surface area contributed by atoms with Crippen molar-refractivity contribution in [3.8, 4) is 5.75 Å². The van der Waals surface area contributed by atoms with E-state index in [4.69, 9.17) is 0 Å². The molecule has 13 nitrogen and oxygen atoms in total. The highest BCUT2D eigenvalue weighted by Gasteiger charge is 2.62. The van der Waals surface area contributed by atoms with Gasteiger partial charge in [-0.2, -0.15) is 0 Å². The largest absolute Gasteiger partial charge is 0.507 e. The molecule has 0 spiro atoms. The molecule has 4 aromatic rings. The van der Waals surface area contributed by atoms with Gasteiger partial charge in [0.25, 0.3) is 11.4 Å². The van der Waals surface area contributed by atoms with Crippen molar-refractivity contribution in [1.29, 1.82) is 0 Å². The quantitative estimate of drug-likeness (QED) is 0.127. The fraction of sp³-hybridized carbons (Fsp3) is 0.222. The molecule has 2 saturated heterocycles.